The number of thioether (sulfide) groups is 1. The standard InChI is InChI=1S/C12H21NOS/c14-12(11-9-15-8-7-13-11)10-5-3-1-2-4-6-10/h10-11,13H,1-9H2. The molecule has 1 aliphatic heterocycles. The molecule has 2 rings (SSSR count). The summed E-state index contributed by atoms with van der Waals surface area (Å²) in [5.41, 5.74) is 0. The van der Waals surface area contributed by atoms with Gasteiger partial charge in [-0.15, -0.1) is 0 Å². The predicted molar refractivity (Wildman–Crippen MR) is 65.3 cm³/mol. The minimum absolute atomic E-state index is 0.159. The Morgan fingerprint density at radius 2 is 1.87 bits per heavy atom. The van der Waals surface area contributed by atoms with Gasteiger partial charge in [-0.2, -0.15) is 11.8 Å². The summed E-state index contributed by atoms with van der Waals surface area (Å²) in [4.78, 5) is 12.2. The Labute approximate surface area is 96.6 Å². The number of ketones is 1. The number of hydrogen-bond acceptors (Lipinski definition) is 3. The third-order valence-corrected chi connectivity index (χ3v) is 4.58. The summed E-state index contributed by atoms with van der Waals surface area (Å²) in [6.07, 6.45) is 7.46. The third-order valence-electron chi connectivity index (χ3n) is 3.52. The van der Waals surface area contributed by atoms with E-state index in [2.05, 4.69) is 5.32 Å². The molecular weight excluding hydrogens is 206 g/mol. The smallest absolute Gasteiger partial charge is 0.153 e. The first kappa shape index (κ1) is 11.5. The van der Waals surface area contributed by atoms with Gasteiger partial charge in [0.25, 0.3) is 0 Å². The lowest BCUT2D eigenvalue weighted by molar-refractivity contribution is -0.124. The van der Waals surface area contributed by atoms with Crippen LogP contribution < -0.4 is 5.32 Å². The molecule has 0 amide bonds. The first-order valence-corrected chi connectivity index (χ1v) is 7.38. The van der Waals surface area contributed by atoms with Gasteiger partial charge in [0.1, 0.15) is 0 Å². The molecule has 0 aromatic heterocycles. The van der Waals surface area contributed by atoms with Crippen LogP contribution in [0.2, 0.25) is 0 Å². The lowest BCUT2D eigenvalue weighted by Gasteiger charge is -2.25. The van der Waals surface area contributed by atoms with E-state index in [1.54, 1.807) is 0 Å². The number of carbonyl (C=O) groups is 1. The molecule has 1 N–H and O–H groups in total. The molecule has 0 aromatic carbocycles. The average Bonchev–Trinajstić information content (AvgIpc) is 2.58. The maximum absolute atomic E-state index is 12.2. The quantitative estimate of drug-likeness (QED) is 0.734. The fourth-order valence-corrected chi connectivity index (χ4v) is 3.54. The lowest BCUT2D eigenvalue weighted by atomic mass is 9.91. The molecule has 1 saturated heterocycles. The van der Waals surface area contributed by atoms with Crippen molar-refractivity contribution in [3.63, 3.8) is 0 Å². The van der Waals surface area contributed by atoms with Gasteiger partial charge in [0.2, 0.25) is 0 Å². The fourth-order valence-electron chi connectivity index (χ4n) is 2.60. The Kier molecular flexibility index (Phi) is 4.51. The van der Waals surface area contributed by atoms with Gasteiger partial charge >= 0.3 is 0 Å². The second-order valence-electron chi connectivity index (χ2n) is 4.67. The zero-order valence-corrected chi connectivity index (χ0v) is 10.2. The maximum atomic E-state index is 12.2. The second-order valence-corrected chi connectivity index (χ2v) is 5.82. The largest absolute Gasteiger partial charge is 0.306 e. The monoisotopic (exact) mass is 227 g/mol. The van der Waals surface area contributed by atoms with Gasteiger partial charge in [0, 0.05) is 24.0 Å². The first-order chi connectivity index (χ1) is 7.38. The summed E-state index contributed by atoms with van der Waals surface area (Å²) in [6.45, 7) is 1.01. The highest BCUT2D eigenvalue weighted by molar-refractivity contribution is 7.99. The minimum atomic E-state index is 0.159. The van der Waals surface area contributed by atoms with E-state index >= 15 is 0 Å². The minimum Gasteiger partial charge on any atom is -0.306 e. The van der Waals surface area contributed by atoms with E-state index in [0.29, 0.717) is 11.7 Å². The lowest BCUT2D eigenvalue weighted by Crippen LogP contribution is -2.45. The molecule has 1 saturated carbocycles. The number of rotatable bonds is 2. The summed E-state index contributed by atoms with van der Waals surface area (Å²) < 4.78 is 0. The second kappa shape index (κ2) is 5.90. The molecule has 2 aliphatic rings. The van der Waals surface area contributed by atoms with Crippen molar-refractivity contribution in [3.05, 3.63) is 0 Å². The van der Waals surface area contributed by atoms with Crippen LogP contribution in [-0.4, -0.2) is 29.9 Å². The fraction of sp³-hybridized carbons (Fsp3) is 0.917. The van der Waals surface area contributed by atoms with Crippen LogP contribution in [0.5, 0.6) is 0 Å². The summed E-state index contributed by atoms with van der Waals surface area (Å²) >= 11 is 1.92. The van der Waals surface area contributed by atoms with Crippen LogP contribution in [0.3, 0.4) is 0 Å². The summed E-state index contributed by atoms with van der Waals surface area (Å²) in [6, 6.07) is 0.159. The maximum Gasteiger partial charge on any atom is 0.153 e. The van der Waals surface area contributed by atoms with Crippen LogP contribution in [0.1, 0.15) is 38.5 Å². The highest BCUT2D eigenvalue weighted by atomic mass is 32.2. The van der Waals surface area contributed by atoms with Crippen molar-refractivity contribution < 1.29 is 4.79 Å². The van der Waals surface area contributed by atoms with E-state index in [-0.39, 0.29) is 6.04 Å². The predicted octanol–water partition coefficient (Wildman–Crippen LogP) is 2.23. The molecule has 0 bridgehead atoms. The Bertz CT molecular complexity index is 206. The molecule has 15 heavy (non-hydrogen) atoms. The van der Waals surface area contributed by atoms with E-state index in [0.717, 1.165) is 30.9 Å². The van der Waals surface area contributed by atoms with Gasteiger partial charge in [-0.1, -0.05) is 25.7 Å². The molecule has 1 aliphatic carbocycles. The zero-order chi connectivity index (χ0) is 10.5. The summed E-state index contributed by atoms with van der Waals surface area (Å²) in [5, 5.41) is 3.37. The van der Waals surface area contributed by atoms with E-state index in [4.69, 9.17) is 0 Å². The van der Waals surface area contributed by atoms with Crippen LogP contribution in [-0.2, 0) is 4.79 Å². The van der Waals surface area contributed by atoms with E-state index in [1.807, 2.05) is 11.8 Å². The molecular formula is C12H21NOS. The Morgan fingerprint density at radius 1 is 1.13 bits per heavy atom. The van der Waals surface area contributed by atoms with Crippen molar-refractivity contribution in [1.29, 1.82) is 0 Å². The Hall–Kier alpha value is -0.0200. The molecule has 86 valence electrons. The van der Waals surface area contributed by atoms with Crippen molar-refractivity contribution in [3.8, 4) is 0 Å². The van der Waals surface area contributed by atoms with Gasteiger partial charge in [-0.25, -0.2) is 0 Å². The van der Waals surface area contributed by atoms with Crippen LogP contribution in [0.25, 0.3) is 0 Å². The molecule has 0 spiro atoms. The van der Waals surface area contributed by atoms with Gasteiger partial charge in [-0.05, 0) is 12.8 Å². The number of hydrogen-bond donors (Lipinski definition) is 1. The van der Waals surface area contributed by atoms with Gasteiger partial charge in [0.05, 0.1) is 6.04 Å². The summed E-state index contributed by atoms with van der Waals surface area (Å²) in [5.74, 6) is 3.02. The van der Waals surface area contributed by atoms with Crippen LogP contribution >= 0.6 is 11.8 Å². The number of Topliss-reactive ketones (excluding diaryl/α,β-unsaturated/α-hetero) is 1. The van der Waals surface area contributed by atoms with Gasteiger partial charge < -0.3 is 5.32 Å². The van der Waals surface area contributed by atoms with Crippen LogP contribution in [0, 0.1) is 5.92 Å². The van der Waals surface area contributed by atoms with Crippen molar-refractivity contribution in [2.75, 3.05) is 18.1 Å². The summed E-state index contributed by atoms with van der Waals surface area (Å²) in [7, 11) is 0. The normalized spacial score (nSPS) is 29.7. The zero-order valence-electron chi connectivity index (χ0n) is 9.34. The van der Waals surface area contributed by atoms with Crippen molar-refractivity contribution in [2.24, 2.45) is 5.92 Å². The Balaban J connectivity index is 1.87. The van der Waals surface area contributed by atoms with Crippen molar-refractivity contribution >= 4 is 17.5 Å². The Morgan fingerprint density at radius 3 is 2.47 bits per heavy atom. The van der Waals surface area contributed by atoms with E-state index in [9.17, 15) is 4.79 Å². The van der Waals surface area contributed by atoms with E-state index < -0.39 is 0 Å². The molecule has 2 fully saturated rings. The van der Waals surface area contributed by atoms with Gasteiger partial charge in [-0.3, -0.25) is 4.79 Å². The molecule has 3 heteroatoms. The SMILES string of the molecule is O=C(C1CCCCCC1)C1CSCCN1. The molecule has 1 heterocycles. The molecule has 1 atom stereocenters. The van der Waals surface area contributed by atoms with Crippen molar-refractivity contribution in [1.82, 2.24) is 5.32 Å². The van der Waals surface area contributed by atoms with E-state index in [1.165, 1.54) is 25.7 Å². The molecule has 2 nitrogen and oxygen atoms in total. The first-order valence-electron chi connectivity index (χ1n) is 6.23. The van der Waals surface area contributed by atoms with Crippen LogP contribution in [0.15, 0.2) is 0 Å². The van der Waals surface area contributed by atoms with Crippen molar-refractivity contribution in [2.45, 2.75) is 44.6 Å². The molecule has 1 unspecified atom stereocenters. The third kappa shape index (κ3) is 3.22. The number of nitrogens with one attached hydrogen (secondary N) is 1. The average molecular weight is 227 g/mol. The highest BCUT2D eigenvalue weighted by Gasteiger charge is 2.28. The molecule has 0 radical (unpaired) electrons. The van der Waals surface area contributed by atoms with Crippen LogP contribution in [0.4, 0.5) is 0 Å². The van der Waals surface area contributed by atoms with Gasteiger partial charge in [0.15, 0.2) is 5.78 Å². The topological polar surface area (TPSA) is 29.1 Å². The number of carbonyl (C=O) groups excluding carboxylic acids is 1. The highest BCUT2D eigenvalue weighted by Crippen LogP contribution is 2.25. The molecule has 0 aromatic rings.